The zero-order chi connectivity index (χ0) is 13.3. The van der Waals surface area contributed by atoms with Crippen LogP contribution in [0.4, 0.5) is 0 Å². The van der Waals surface area contributed by atoms with E-state index in [4.69, 9.17) is 16.3 Å². The van der Waals surface area contributed by atoms with E-state index in [9.17, 15) is 9.59 Å². The molecule has 2 rings (SSSR count). The Morgan fingerprint density at radius 2 is 2.11 bits per heavy atom. The number of fused-ring (bicyclic) bond motifs is 1. The lowest BCUT2D eigenvalue weighted by Gasteiger charge is -2.03. The maximum Gasteiger partial charge on any atom is 0.293 e. The summed E-state index contributed by atoms with van der Waals surface area (Å²) >= 11 is 5.23. The van der Waals surface area contributed by atoms with Crippen LogP contribution >= 0.6 is 11.6 Å². The molecule has 0 bridgehead atoms. The molecule has 1 aromatic heterocycles. The highest BCUT2D eigenvalue weighted by atomic mass is 35.5. The fourth-order valence-corrected chi connectivity index (χ4v) is 2.01. The molecule has 0 aliphatic rings. The highest BCUT2D eigenvalue weighted by Gasteiger charge is 2.19. The van der Waals surface area contributed by atoms with Crippen LogP contribution < -0.4 is 4.74 Å². The first kappa shape index (κ1) is 12.6. The molecular weight excluding hydrogens is 254 g/mol. The first-order chi connectivity index (χ1) is 8.54. The van der Waals surface area contributed by atoms with E-state index in [0.29, 0.717) is 17.6 Å². The van der Waals surface area contributed by atoms with Gasteiger partial charge in [-0.05, 0) is 30.7 Å². The van der Waals surface area contributed by atoms with Gasteiger partial charge in [0.1, 0.15) is 5.75 Å². The minimum absolute atomic E-state index is 0.315. The van der Waals surface area contributed by atoms with Crippen molar-refractivity contribution in [2.75, 3.05) is 6.61 Å². The maximum atomic E-state index is 11.7. The molecule has 0 radical (unpaired) electrons. The standard InChI is InChI=1S/C13H12ClNO3/c1-3-18-8-4-5-9-10(12(16)13(14)17)7-15(2)11(9)6-8/h4-7H,3H2,1-2H3. The smallest absolute Gasteiger partial charge is 0.293 e. The number of ether oxygens (including phenoxy) is 1. The number of ketones is 1. The van der Waals surface area contributed by atoms with Gasteiger partial charge in [0.15, 0.2) is 0 Å². The second-order valence-corrected chi connectivity index (χ2v) is 4.21. The van der Waals surface area contributed by atoms with E-state index < -0.39 is 11.0 Å². The van der Waals surface area contributed by atoms with Gasteiger partial charge in [0, 0.05) is 24.7 Å². The van der Waals surface area contributed by atoms with E-state index in [1.54, 1.807) is 29.9 Å². The third kappa shape index (κ3) is 2.11. The summed E-state index contributed by atoms with van der Waals surface area (Å²) in [6.45, 7) is 2.47. The Hall–Kier alpha value is -1.81. The number of hydrogen-bond donors (Lipinski definition) is 0. The van der Waals surface area contributed by atoms with Gasteiger partial charge in [0.2, 0.25) is 5.78 Å². The van der Waals surface area contributed by atoms with Gasteiger partial charge in [-0.2, -0.15) is 0 Å². The van der Waals surface area contributed by atoms with Crippen LogP contribution in [0.3, 0.4) is 0 Å². The number of nitrogens with zero attached hydrogens (tertiary/aromatic N) is 1. The summed E-state index contributed by atoms with van der Waals surface area (Å²) in [6, 6.07) is 5.35. The van der Waals surface area contributed by atoms with Crippen LogP contribution in [-0.2, 0) is 11.8 Å². The normalized spacial score (nSPS) is 10.6. The van der Waals surface area contributed by atoms with Crippen molar-refractivity contribution in [2.45, 2.75) is 6.92 Å². The highest BCUT2D eigenvalue weighted by molar-refractivity contribution is 6.83. The van der Waals surface area contributed by atoms with Gasteiger partial charge in [-0.25, -0.2) is 0 Å². The predicted octanol–water partition coefficient (Wildman–Crippen LogP) is 2.53. The van der Waals surface area contributed by atoms with Gasteiger partial charge in [0.25, 0.3) is 5.24 Å². The Morgan fingerprint density at radius 1 is 1.39 bits per heavy atom. The molecule has 0 unspecified atom stereocenters. The fourth-order valence-electron chi connectivity index (χ4n) is 1.91. The van der Waals surface area contributed by atoms with Crippen molar-refractivity contribution in [1.82, 2.24) is 4.57 Å². The molecule has 5 heteroatoms. The number of halogens is 1. The molecular formula is C13H12ClNO3. The summed E-state index contributed by atoms with van der Waals surface area (Å²) in [5.74, 6) is 0.0359. The number of rotatable bonds is 4. The van der Waals surface area contributed by atoms with Crippen LogP contribution in [-0.4, -0.2) is 22.2 Å². The quantitative estimate of drug-likeness (QED) is 0.485. The van der Waals surface area contributed by atoms with Crippen molar-refractivity contribution in [2.24, 2.45) is 7.05 Å². The van der Waals surface area contributed by atoms with Gasteiger partial charge < -0.3 is 9.30 Å². The Balaban J connectivity index is 2.59. The molecule has 0 N–H and O–H groups in total. The first-order valence-electron chi connectivity index (χ1n) is 5.50. The van der Waals surface area contributed by atoms with E-state index in [1.807, 2.05) is 13.0 Å². The van der Waals surface area contributed by atoms with Gasteiger partial charge in [-0.15, -0.1) is 0 Å². The van der Waals surface area contributed by atoms with E-state index in [1.165, 1.54) is 0 Å². The van der Waals surface area contributed by atoms with Crippen molar-refractivity contribution < 1.29 is 14.3 Å². The van der Waals surface area contributed by atoms with Crippen LogP contribution in [0.1, 0.15) is 17.3 Å². The molecule has 0 saturated carbocycles. The number of Topliss-reactive ketones (excluding diaryl/α,β-unsaturated/α-hetero) is 1. The first-order valence-corrected chi connectivity index (χ1v) is 5.88. The average Bonchev–Trinajstić information content (AvgIpc) is 2.66. The molecule has 4 nitrogen and oxygen atoms in total. The fraction of sp³-hybridized carbons (Fsp3) is 0.231. The molecule has 18 heavy (non-hydrogen) atoms. The summed E-state index contributed by atoms with van der Waals surface area (Å²) in [6.07, 6.45) is 1.60. The molecule has 1 heterocycles. The molecule has 0 amide bonds. The Bertz CT molecular complexity index is 630. The second-order valence-electron chi connectivity index (χ2n) is 3.87. The number of aryl methyl sites for hydroxylation is 1. The van der Waals surface area contributed by atoms with Crippen LogP contribution in [0.2, 0.25) is 0 Å². The Kier molecular flexibility index (Phi) is 3.39. The van der Waals surface area contributed by atoms with E-state index in [-0.39, 0.29) is 0 Å². The molecule has 0 aliphatic heterocycles. The van der Waals surface area contributed by atoms with Crippen molar-refractivity contribution in [3.05, 3.63) is 30.0 Å². The van der Waals surface area contributed by atoms with Crippen LogP contribution in [0.15, 0.2) is 24.4 Å². The van der Waals surface area contributed by atoms with E-state index in [0.717, 1.165) is 11.3 Å². The summed E-state index contributed by atoms with van der Waals surface area (Å²) in [4.78, 5) is 22.6. The van der Waals surface area contributed by atoms with Crippen LogP contribution in [0, 0.1) is 0 Å². The molecule has 0 aliphatic carbocycles. The van der Waals surface area contributed by atoms with Gasteiger partial charge in [0.05, 0.1) is 17.7 Å². The average molecular weight is 266 g/mol. The van der Waals surface area contributed by atoms with Crippen molar-refractivity contribution in [3.8, 4) is 5.75 Å². The minimum Gasteiger partial charge on any atom is -0.494 e. The largest absolute Gasteiger partial charge is 0.494 e. The Labute approximate surface area is 109 Å². The molecule has 94 valence electrons. The summed E-state index contributed by atoms with van der Waals surface area (Å²) in [5, 5.41) is -0.281. The molecule has 0 saturated heterocycles. The maximum absolute atomic E-state index is 11.7. The summed E-state index contributed by atoms with van der Waals surface area (Å²) in [7, 11) is 1.80. The van der Waals surface area contributed by atoms with Crippen molar-refractivity contribution in [1.29, 1.82) is 0 Å². The lowest BCUT2D eigenvalue weighted by molar-refractivity contribution is -0.108. The van der Waals surface area contributed by atoms with Crippen LogP contribution in [0.25, 0.3) is 10.9 Å². The van der Waals surface area contributed by atoms with Crippen molar-refractivity contribution in [3.63, 3.8) is 0 Å². The number of aromatic nitrogens is 1. The van der Waals surface area contributed by atoms with Crippen LogP contribution in [0.5, 0.6) is 5.75 Å². The van der Waals surface area contributed by atoms with E-state index in [2.05, 4.69) is 0 Å². The van der Waals surface area contributed by atoms with Gasteiger partial charge >= 0.3 is 0 Å². The lowest BCUT2D eigenvalue weighted by atomic mass is 10.1. The minimum atomic E-state index is -0.976. The molecule has 0 spiro atoms. The Morgan fingerprint density at radius 3 is 2.72 bits per heavy atom. The topological polar surface area (TPSA) is 48.3 Å². The monoisotopic (exact) mass is 265 g/mol. The van der Waals surface area contributed by atoms with Gasteiger partial charge in [-0.1, -0.05) is 0 Å². The van der Waals surface area contributed by atoms with Gasteiger partial charge in [-0.3, -0.25) is 9.59 Å². The predicted molar refractivity (Wildman–Crippen MR) is 69.3 cm³/mol. The molecule has 0 atom stereocenters. The number of benzene rings is 1. The lowest BCUT2D eigenvalue weighted by Crippen LogP contribution is -2.06. The molecule has 1 aromatic carbocycles. The zero-order valence-corrected chi connectivity index (χ0v) is 10.8. The number of carbonyl (C=O) groups excluding carboxylic acids is 2. The van der Waals surface area contributed by atoms with Crippen molar-refractivity contribution >= 4 is 33.5 Å². The summed E-state index contributed by atoms with van der Waals surface area (Å²) < 4.78 is 7.16. The number of hydrogen-bond acceptors (Lipinski definition) is 3. The number of carbonyl (C=O) groups is 2. The molecule has 0 fully saturated rings. The van der Waals surface area contributed by atoms with E-state index >= 15 is 0 Å². The third-order valence-electron chi connectivity index (χ3n) is 2.70. The third-order valence-corrected chi connectivity index (χ3v) is 2.87. The zero-order valence-electron chi connectivity index (χ0n) is 10.1. The highest BCUT2D eigenvalue weighted by Crippen LogP contribution is 2.26. The second kappa shape index (κ2) is 4.82. The SMILES string of the molecule is CCOc1ccc2c(C(=O)C(=O)Cl)cn(C)c2c1. The molecule has 2 aromatic rings. The summed E-state index contributed by atoms with van der Waals surface area (Å²) in [5.41, 5.74) is 1.14.